The Morgan fingerprint density at radius 2 is 1.68 bits per heavy atom. The Morgan fingerprint density at radius 3 is 2.12 bits per heavy atom. The van der Waals surface area contributed by atoms with Gasteiger partial charge >= 0.3 is 6.09 Å². The molecule has 0 saturated heterocycles. The zero-order valence-electron chi connectivity index (χ0n) is 16.3. The van der Waals surface area contributed by atoms with Crippen molar-refractivity contribution in [2.24, 2.45) is 0 Å². The Bertz CT molecular complexity index is 569. The molecular weight excluding hydrogens is 354 g/mol. The summed E-state index contributed by atoms with van der Waals surface area (Å²) in [5.74, 6) is 1.28. The molecule has 0 aliphatic rings. The number of para-hydroxylation sites is 2. The molecule has 0 bridgehead atoms. The number of carbonyl (C=O) groups is 1. The van der Waals surface area contributed by atoms with Gasteiger partial charge in [-0.05, 0) is 31.8 Å². The van der Waals surface area contributed by atoms with Crippen molar-refractivity contribution in [3.8, 4) is 11.5 Å². The van der Waals surface area contributed by atoms with Gasteiger partial charge in [0.2, 0.25) is 0 Å². The van der Waals surface area contributed by atoms with E-state index in [4.69, 9.17) is 13.9 Å². The Kier molecular flexibility index (Phi) is 7.51. The summed E-state index contributed by atoms with van der Waals surface area (Å²) < 4.78 is 18.9. The molecule has 1 unspecified atom stereocenters. The molecule has 1 N–H and O–H groups in total. The van der Waals surface area contributed by atoms with E-state index in [1.807, 2.05) is 43.9 Å². The van der Waals surface area contributed by atoms with E-state index >= 15 is 0 Å². The molecule has 25 heavy (non-hydrogen) atoms. The molecule has 1 rings (SSSR count). The summed E-state index contributed by atoms with van der Waals surface area (Å²) >= 11 is 0. The van der Waals surface area contributed by atoms with Gasteiger partial charge in [0, 0.05) is 6.54 Å². The van der Waals surface area contributed by atoms with Gasteiger partial charge in [-0.3, -0.25) is 0 Å². The molecule has 1 aromatic rings. The summed E-state index contributed by atoms with van der Waals surface area (Å²) in [4.78, 5) is 11.7. The second-order valence-electron chi connectivity index (χ2n) is 7.88. The molecule has 0 aliphatic heterocycles. The van der Waals surface area contributed by atoms with Gasteiger partial charge in [0.15, 0.2) is 28.1 Å². The highest BCUT2D eigenvalue weighted by molar-refractivity contribution is 6.75. The van der Waals surface area contributed by atoms with Gasteiger partial charge in [0.05, 0.1) is 13.2 Å². The molecule has 0 saturated carbocycles. The van der Waals surface area contributed by atoms with Crippen LogP contribution in [0.3, 0.4) is 0 Å². The standard InChI is InChI=1S/C17H31NO5Si2/c1-21-15-10-8-9-11-16(15)22-13-14(23-25(5,6)7)12-18(17(19)20)24(2,3)4/h8-11,14H,12-13H2,1-7H3,(H,19,20). The summed E-state index contributed by atoms with van der Waals surface area (Å²) in [5, 5.41) is 9.58. The number of nitrogens with zero attached hydrogens (tertiary/aromatic N) is 1. The molecule has 0 heterocycles. The maximum atomic E-state index is 11.7. The fourth-order valence-corrected chi connectivity index (χ4v) is 4.86. The molecule has 0 aromatic heterocycles. The van der Waals surface area contributed by atoms with Gasteiger partial charge in [-0.25, -0.2) is 4.79 Å². The Morgan fingerprint density at radius 1 is 1.12 bits per heavy atom. The highest BCUT2D eigenvalue weighted by Gasteiger charge is 2.33. The normalized spacial score (nSPS) is 13.2. The van der Waals surface area contributed by atoms with E-state index in [1.165, 1.54) is 4.57 Å². The minimum absolute atomic E-state index is 0.277. The van der Waals surface area contributed by atoms with Crippen molar-refractivity contribution in [3.05, 3.63) is 24.3 Å². The largest absolute Gasteiger partial charge is 0.493 e. The lowest BCUT2D eigenvalue weighted by Gasteiger charge is -2.36. The monoisotopic (exact) mass is 385 g/mol. The SMILES string of the molecule is COc1ccccc1OCC(CN(C(=O)O)[Si](C)(C)C)O[Si](C)(C)C. The third-order valence-electron chi connectivity index (χ3n) is 3.44. The number of hydrogen-bond donors (Lipinski definition) is 1. The Hall–Kier alpha value is -1.52. The number of amides is 1. The van der Waals surface area contributed by atoms with Crippen LogP contribution >= 0.6 is 0 Å². The van der Waals surface area contributed by atoms with E-state index in [1.54, 1.807) is 7.11 Å². The fraction of sp³-hybridized carbons (Fsp3) is 0.588. The molecule has 6 nitrogen and oxygen atoms in total. The first kappa shape index (κ1) is 21.5. The number of benzene rings is 1. The zero-order valence-corrected chi connectivity index (χ0v) is 18.3. The Balaban J connectivity index is 2.91. The van der Waals surface area contributed by atoms with Crippen molar-refractivity contribution < 1.29 is 23.8 Å². The van der Waals surface area contributed by atoms with Crippen LogP contribution in [0.4, 0.5) is 4.79 Å². The van der Waals surface area contributed by atoms with Crippen LogP contribution < -0.4 is 9.47 Å². The van der Waals surface area contributed by atoms with Crippen molar-refractivity contribution in [1.82, 2.24) is 4.57 Å². The van der Waals surface area contributed by atoms with Crippen LogP contribution in [0, 0.1) is 0 Å². The number of methoxy groups -OCH3 is 1. The molecule has 1 aromatic carbocycles. The first-order valence-corrected chi connectivity index (χ1v) is 15.2. The van der Waals surface area contributed by atoms with Crippen molar-refractivity contribution in [3.63, 3.8) is 0 Å². The smallest absolute Gasteiger partial charge is 0.399 e. The summed E-state index contributed by atoms with van der Waals surface area (Å²) in [6.45, 7) is 12.9. The quantitative estimate of drug-likeness (QED) is 0.648. The second kappa shape index (κ2) is 8.73. The van der Waals surface area contributed by atoms with Crippen molar-refractivity contribution in [2.45, 2.75) is 45.4 Å². The lowest BCUT2D eigenvalue weighted by Crippen LogP contribution is -2.54. The van der Waals surface area contributed by atoms with Gasteiger partial charge in [0.25, 0.3) is 0 Å². The van der Waals surface area contributed by atoms with Crippen LogP contribution in [0.15, 0.2) is 24.3 Å². The van der Waals surface area contributed by atoms with E-state index in [-0.39, 0.29) is 12.7 Å². The third kappa shape index (κ3) is 7.49. The number of hydrogen-bond acceptors (Lipinski definition) is 4. The first-order valence-electron chi connectivity index (χ1n) is 8.38. The molecule has 1 atom stereocenters. The molecule has 8 heteroatoms. The molecule has 0 fully saturated rings. The average Bonchev–Trinajstić information content (AvgIpc) is 2.47. The topological polar surface area (TPSA) is 68.2 Å². The highest BCUT2D eigenvalue weighted by Crippen LogP contribution is 2.26. The predicted molar refractivity (Wildman–Crippen MR) is 105 cm³/mol. The third-order valence-corrected chi connectivity index (χ3v) is 6.47. The van der Waals surface area contributed by atoms with Crippen LogP contribution in [0.25, 0.3) is 0 Å². The second-order valence-corrected chi connectivity index (χ2v) is 17.2. The zero-order chi connectivity index (χ0) is 19.3. The van der Waals surface area contributed by atoms with E-state index in [0.717, 1.165) is 0 Å². The Labute approximate surface area is 152 Å². The number of rotatable bonds is 9. The molecule has 142 valence electrons. The molecule has 1 amide bonds. The number of carboxylic acid groups (broad SMARTS) is 1. The number of ether oxygens (including phenoxy) is 2. The van der Waals surface area contributed by atoms with Gasteiger partial charge < -0.3 is 23.6 Å². The van der Waals surface area contributed by atoms with Crippen molar-refractivity contribution in [2.75, 3.05) is 20.3 Å². The maximum Gasteiger partial charge on any atom is 0.399 e. The van der Waals surface area contributed by atoms with Crippen LogP contribution in [-0.4, -0.2) is 58.7 Å². The molecule has 0 radical (unpaired) electrons. The minimum Gasteiger partial charge on any atom is -0.493 e. The lowest BCUT2D eigenvalue weighted by atomic mass is 10.3. The van der Waals surface area contributed by atoms with Crippen molar-refractivity contribution in [1.29, 1.82) is 0 Å². The highest BCUT2D eigenvalue weighted by atomic mass is 28.4. The maximum absolute atomic E-state index is 11.7. The summed E-state index contributed by atoms with van der Waals surface area (Å²) in [5.41, 5.74) is 0. The van der Waals surface area contributed by atoms with Crippen LogP contribution in [0.5, 0.6) is 11.5 Å². The average molecular weight is 386 g/mol. The summed E-state index contributed by atoms with van der Waals surface area (Å²) in [6, 6.07) is 7.41. The summed E-state index contributed by atoms with van der Waals surface area (Å²) in [6.07, 6.45) is -1.22. The minimum atomic E-state index is -2.02. The van der Waals surface area contributed by atoms with Crippen LogP contribution in [0.2, 0.25) is 39.3 Å². The van der Waals surface area contributed by atoms with Gasteiger partial charge in [-0.2, -0.15) is 0 Å². The van der Waals surface area contributed by atoms with Gasteiger partial charge in [-0.1, -0.05) is 31.8 Å². The van der Waals surface area contributed by atoms with E-state index in [2.05, 4.69) is 19.6 Å². The van der Waals surface area contributed by atoms with Gasteiger partial charge in [0.1, 0.15) is 6.61 Å². The van der Waals surface area contributed by atoms with E-state index in [0.29, 0.717) is 18.0 Å². The molecular formula is C17H31NO5Si2. The molecule has 0 spiro atoms. The molecule has 0 aliphatic carbocycles. The van der Waals surface area contributed by atoms with E-state index < -0.39 is 22.6 Å². The van der Waals surface area contributed by atoms with E-state index in [9.17, 15) is 9.90 Å². The predicted octanol–water partition coefficient (Wildman–Crippen LogP) is 4.11. The van der Waals surface area contributed by atoms with Crippen molar-refractivity contribution >= 4 is 22.6 Å². The van der Waals surface area contributed by atoms with Crippen LogP contribution in [0.1, 0.15) is 0 Å². The summed E-state index contributed by atoms with van der Waals surface area (Å²) in [7, 11) is -2.29. The van der Waals surface area contributed by atoms with Gasteiger partial charge in [-0.15, -0.1) is 0 Å². The van der Waals surface area contributed by atoms with Crippen LogP contribution in [-0.2, 0) is 4.43 Å². The fourth-order valence-electron chi connectivity index (χ4n) is 2.39. The lowest BCUT2D eigenvalue weighted by molar-refractivity contribution is 0.0946. The first-order chi connectivity index (χ1) is 11.4.